The third-order valence-electron chi connectivity index (χ3n) is 3.06. The molecule has 0 aliphatic carbocycles. The van der Waals surface area contributed by atoms with E-state index in [-0.39, 0.29) is 5.91 Å². The highest BCUT2D eigenvalue weighted by molar-refractivity contribution is 6.08. The summed E-state index contributed by atoms with van der Waals surface area (Å²) in [6.07, 6.45) is 3.25. The second-order valence-electron chi connectivity index (χ2n) is 4.72. The molecule has 4 nitrogen and oxygen atoms in total. The molecule has 0 fully saturated rings. The maximum atomic E-state index is 12.4. The second kappa shape index (κ2) is 6.19. The molecule has 1 aromatic heterocycles. The van der Waals surface area contributed by atoms with Gasteiger partial charge in [0, 0.05) is 24.6 Å². The average Bonchev–Trinajstić information content (AvgIpc) is 2.43. The van der Waals surface area contributed by atoms with Gasteiger partial charge in [0.1, 0.15) is 0 Å². The van der Waals surface area contributed by atoms with Crippen molar-refractivity contribution in [1.29, 1.82) is 0 Å². The van der Waals surface area contributed by atoms with E-state index >= 15 is 0 Å². The van der Waals surface area contributed by atoms with Crippen molar-refractivity contribution >= 4 is 17.3 Å². The minimum Gasteiger partial charge on any atom is -0.385 e. The lowest BCUT2D eigenvalue weighted by atomic mass is 10.1. The molecule has 2 aromatic rings. The Kier molecular flexibility index (Phi) is 4.35. The van der Waals surface area contributed by atoms with Crippen LogP contribution in [0, 0.1) is 13.8 Å². The van der Waals surface area contributed by atoms with Gasteiger partial charge in [0.2, 0.25) is 0 Å². The minimum atomic E-state index is -0.152. The SMILES string of the molecule is CCNc1ccncc1C(=O)Nc1ccc(C)cc1C. The predicted molar refractivity (Wildman–Crippen MR) is 82.3 cm³/mol. The number of aryl methyl sites for hydroxylation is 2. The van der Waals surface area contributed by atoms with E-state index in [1.54, 1.807) is 18.5 Å². The normalized spacial score (nSPS) is 10.2. The zero-order valence-corrected chi connectivity index (χ0v) is 12.0. The zero-order valence-electron chi connectivity index (χ0n) is 12.0. The molecule has 0 saturated carbocycles. The molecule has 2 rings (SSSR count). The Morgan fingerprint density at radius 3 is 2.70 bits per heavy atom. The summed E-state index contributed by atoms with van der Waals surface area (Å²) in [5, 5.41) is 6.10. The molecule has 4 heteroatoms. The summed E-state index contributed by atoms with van der Waals surface area (Å²) in [5.41, 5.74) is 4.40. The Bertz CT molecular complexity index is 623. The van der Waals surface area contributed by atoms with Crippen molar-refractivity contribution in [2.45, 2.75) is 20.8 Å². The number of hydrogen-bond donors (Lipinski definition) is 2. The Morgan fingerprint density at radius 2 is 2.00 bits per heavy atom. The maximum absolute atomic E-state index is 12.4. The largest absolute Gasteiger partial charge is 0.385 e. The Morgan fingerprint density at radius 1 is 1.20 bits per heavy atom. The Hall–Kier alpha value is -2.36. The summed E-state index contributed by atoms with van der Waals surface area (Å²) in [5.74, 6) is -0.152. The van der Waals surface area contributed by atoms with E-state index in [1.165, 1.54) is 5.56 Å². The van der Waals surface area contributed by atoms with Crippen LogP contribution in [0.3, 0.4) is 0 Å². The van der Waals surface area contributed by atoms with Gasteiger partial charge in [0.05, 0.1) is 11.3 Å². The lowest BCUT2D eigenvalue weighted by Crippen LogP contribution is -2.15. The molecule has 104 valence electrons. The predicted octanol–water partition coefficient (Wildman–Crippen LogP) is 3.38. The number of nitrogens with one attached hydrogen (secondary N) is 2. The van der Waals surface area contributed by atoms with Crippen molar-refractivity contribution in [3.05, 3.63) is 53.3 Å². The summed E-state index contributed by atoms with van der Waals surface area (Å²) < 4.78 is 0. The van der Waals surface area contributed by atoms with Crippen LogP contribution in [-0.4, -0.2) is 17.4 Å². The van der Waals surface area contributed by atoms with Crippen molar-refractivity contribution in [2.75, 3.05) is 17.2 Å². The van der Waals surface area contributed by atoms with Crippen molar-refractivity contribution < 1.29 is 4.79 Å². The fourth-order valence-electron chi connectivity index (χ4n) is 2.06. The van der Waals surface area contributed by atoms with Gasteiger partial charge in [-0.3, -0.25) is 9.78 Å². The average molecular weight is 269 g/mol. The quantitative estimate of drug-likeness (QED) is 0.894. The van der Waals surface area contributed by atoms with E-state index in [4.69, 9.17) is 0 Å². The second-order valence-corrected chi connectivity index (χ2v) is 4.72. The number of benzene rings is 1. The lowest BCUT2D eigenvalue weighted by Gasteiger charge is -2.12. The number of carbonyl (C=O) groups excluding carboxylic acids is 1. The number of rotatable bonds is 4. The molecule has 0 radical (unpaired) electrons. The topological polar surface area (TPSA) is 54.0 Å². The monoisotopic (exact) mass is 269 g/mol. The van der Waals surface area contributed by atoms with E-state index in [0.29, 0.717) is 5.56 Å². The summed E-state index contributed by atoms with van der Waals surface area (Å²) in [7, 11) is 0. The van der Waals surface area contributed by atoms with E-state index in [0.717, 1.165) is 23.5 Å². The Labute approximate surface area is 119 Å². The first-order chi connectivity index (χ1) is 9.61. The number of anilines is 2. The van der Waals surface area contributed by atoms with Gasteiger partial charge in [-0.2, -0.15) is 0 Å². The fraction of sp³-hybridized carbons (Fsp3) is 0.250. The summed E-state index contributed by atoms with van der Waals surface area (Å²) in [6.45, 7) is 6.76. The van der Waals surface area contributed by atoms with Crippen molar-refractivity contribution in [3.63, 3.8) is 0 Å². The van der Waals surface area contributed by atoms with Crippen LogP contribution < -0.4 is 10.6 Å². The van der Waals surface area contributed by atoms with Gasteiger partial charge < -0.3 is 10.6 Å². The minimum absolute atomic E-state index is 0.152. The van der Waals surface area contributed by atoms with Crippen LogP contribution in [0.5, 0.6) is 0 Å². The van der Waals surface area contributed by atoms with Gasteiger partial charge in [-0.25, -0.2) is 0 Å². The number of aromatic nitrogens is 1. The van der Waals surface area contributed by atoms with Gasteiger partial charge >= 0.3 is 0 Å². The zero-order chi connectivity index (χ0) is 14.5. The van der Waals surface area contributed by atoms with Crippen LogP contribution in [0.4, 0.5) is 11.4 Å². The van der Waals surface area contributed by atoms with E-state index < -0.39 is 0 Å². The summed E-state index contributed by atoms with van der Waals surface area (Å²) in [4.78, 5) is 16.4. The molecule has 1 heterocycles. The molecule has 2 N–H and O–H groups in total. The van der Waals surface area contributed by atoms with E-state index in [9.17, 15) is 4.79 Å². The highest BCUT2D eigenvalue weighted by Gasteiger charge is 2.12. The van der Waals surface area contributed by atoms with Crippen molar-refractivity contribution in [3.8, 4) is 0 Å². The summed E-state index contributed by atoms with van der Waals surface area (Å²) in [6, 6.07) is 7.76. The number of carbonyl (C=O) groups is 1. The van der Waals surface area contributed by atoms with Gasteiger partial charge in [-0.1, -0.05) is 17.7 Å². The van der Waals surface area contributed by atoms with Crippen LogP contribution in [0.15, 0.2) is 36.7 Å². The summed E-state index contributed by atoms with van der Waals surface area (Å²) >= 11 is 0. The third-order valence-corrected chi connectivity index (χ3v) is 3.06. The molecular formula is C16H19N3O. The van der Waals surface area contributed by atoms with Crippen LogP contribution in [0.1, 0.15) is 28.4 Å². The number of hydrogen-bond acceptors (Lipinski definition) is 3. The first-order valence-corrected chi connectivity index (χ1v) is 6.68. The van der Waals surface area contributed by atoms with E-state index in [2.05, 4.69) is 15.6 Å². The van der Waals surface area contributed by atoms with Crippen molar-refractivity contribution in [1.82, 2.24) is 4.98 Å². The first kappa shape index (κ1) is 14.1. The number of nitrogens with zero attached hydrogens (tertiary/aromatic N) is 1. The molecule has 0 atom stereocenters. The lowest BCUT2D eigenvalue weighted by molar-refractivity contribution is 0.102. The molecule has 20 heavy (non-hydrogen) atoms. The highest BCUT2D eigenvalue weighted by atomic mass is 16.1. The van der Waals surface area contributed by atoms with Crippen LogP contribution in [0.25, 0.3) is 0 Å². The highest BCUT2D eigenvalue weighted by Crippen LogP contribution is 2.19. The number of amides is 1. The van der Waals surface area contributed by atoms with Gasteiger partial charge in [-0.05, 0) is 38.5 Å². The molecule has 0 saturated heterocycles. The first-order valence-electron chi connectivity index (χ1n) is 6.68. The van der Waals surface area contributed by atoms with E-state index in [1.807, 2.05) is 39.0 Å². The van der Waals surface area contributed by atoms with Crippen LogP contribution in [-0.2, 0) is 0 Å². The van der Waals surface area contributed by atoms with Gasteiger partial charge in [-0.15, -0.1) is 0 Å². The maximum Gasteiger partial charge on any atom is 0.259 e. The molecule has 1 amide bonds. The van der Waals surface area contributed by atoms with Crippen LogP contribution in [0.2, 0.25) is 0 Å². The van der Waals surface area contributed by atoms with Gasteiger partial charge in [0.15, 0.2) is 0 Å². The van der Waals surface area contributed by atoms with Gasteiger partial charge in [0.25, 0.3) is 5.91 Å². The molecular weight excluding hydrogens is 250 g/mol. The molecule has 0 bridgehead atoms. The Balaban J connectivity index is 2.24. The smallest absolute Gasteiger partial charge is 0.259 e. The van der Waals surface area contributed by atoms with Crippen molar-refractivity contribution in [2.24, 2.45) is 0 Å². The molecule has 0 spiro atoms. The molecule has 0 aliphatic heterocycles. The molecule has 0 aliphatic rings. The fourth-order valence-corrected chi connectivity index (χ4v) is 2.06. The standard InChI is InChI=1S/C16H19N3O/c1-4-18-15-7-8-17-10-13(15)16(20)19-14-6-5-11(2)9-12(14)3/h5-10H,4H2,1-3H3,(H,17,18)(H,19,20). The number of pyridine rings is 1. The molecule has 0 unspecified atom stereocenters. The third kappa shape index (κ3) is 3.15. The molecule has 1 aromatic carbocycles. The van der Waals surface area contributed by atoms with Crippen LogP contribution >= 0.6 is 0 Å².